The molecule has 0 saturated carbocycles. The Morgan fingerprint density at radius 1 is 1.07 bits per heavy atom. The number of carboxylic acid groups (broad SMARTS) is 2. The summed E-state index contributed by atoms with van der Waals surface area (Å²) in [5.74, 6) is -3.19. The number of aromatic nitrogens is 1. The van der Waals surface area contributed by atoms with Crippen LogP contribution in [0.4, 0.5) is 4.39 Å². The lowest BCUT2D eigenvalue weighted by atomic mass is 9.72. The first-order valence-corrected chi connectivity index (χ1v) is 9.26. The number of halogens is 1. The van der Waals surface area contributed by atoms with Crippen LogP contribution in [-0.4, -0.2) is 39.7 Å². The second kappa shape index (κ2) is 6.98. The second-order valence-corrected chi connectivity index (χ2v) is 7.32. The molecule has 1 aromatic heterocycles. The number of ether oxygens (including phenoxy) is 1. The maximum atomic E-state index is 13.3. The molecule has 4 rings (SSSR count). The fraction of sp³-hybridized carbons (Fsp3) is 0.227. The summed E-state index contributed by atoms with van der Waals surface area (Å²) >= 11 is 0. The highest BCUT2D eigenvalue weighted by Gasteiger charge is 2.50. The van der Waals surface area contributed by atoms with Crippen LogP contribution in [0, 0.1) is 11.2 Å². The molecule has 0 spiro atoms. The van der Waals surface area contributed by atoms with Gasteiger partial charge in [0.1, 0.15) is 11.6 Å². The maximum Gasteiger partial charge on any atom is 0.321 e. The quantitative estimate of drug-likeness (QED) is 0.639. The van der Waals surface area contributed by atoms with Crippen molar-refractivity contribution in [1.82, 2.24) is 4.57 Å². The zero-order chi connectivity index (χ0) is 21.6. The van der Waals surface area contributed by atoms with Gasteiger partial charge in [-0.2, -0.15) is 0 Å². The van der Waals surface area contributed by atoms with Crippen molar-refractivity contribution in [3.05, 3.63) is 65.1 Å². The van der Waals surface area contributed by atoms with E-state index in [1.165, 1.54) is 35.9 Å². The van der Waals surface area contributed by atoms with Crippen molar-refractivity contribution >= 4 is 28.7 Å². The summed E-state index contributed by atoms with van der Waals surface area (Å²) in [7, 11) is 1.48. The summed E-state index contributed by atoms with van der Waals surface area (Å²) in [6.07, 6.45) is -0.299. The molecule has 7 nitrogen and oxygen atoms in total. The van der Waals surface area contributed by atoms with Crippen LogP contribution in [0.2, 0.25) is 0 Å². The van der Waals surface area contributed by atoms with E-state index >= 15 is 0 Å². The Labute approximate surface area is 170 Å². The Balaban J connectivity index is 1.96. The van der Waals surface area contributed by atoms with Gasteiger partial charge in [-0.25, -0.2) is 4.39 Å². The summed E-state index contributed by atoms with van der Waals surface area (Å²) in [5, 5.41) is 19.9. The Morgan fingerprint density at radius 3 is 2.33 bits per heavy atom. The standard InChI is InChI=1S/C22H18FNO6/c1-30-14-6-7-17-15(10-14)16-11-22(20(26)27,21(28)29)9-8-18(16)24(17)19(25)12-2-4-13(23)5-3-12/h2-7,10H,8-9,11H2,1H3,(H,26,27)(H,28,29). The molecule has 0 radical (unpaired) electrons. The van der Waals surface area contributed by atoms with Gasteiger partial charge in [0.15, 0.2) is 5.41 Å². The predicted molar refractivity (Wildman–Crippen MR) is 104 cm³/mol. The van der Waals surface area contributed by atoms with E-state index < -0.39 is 29.1 Å². The molecule has 1 aliphatic carbocycles. The smallest absolute Gasteiger partial charge is 0.321 e. The lowest BCUT2D eigenvalue weighted by molar-refractivity contribution is -0.165. The minimum Gasteiger partial charge on any atom is -0.497 e. The van der Waals surface area contributed by atoms with Gasteiger partial charge in [-0.3, -0.25) is 19.0 Å². The van der Waals surface area contributed by atoms with E-state index in [0.29, 0.717) is 27.9 Å². The van der Waals surface area contributed by atoms with Gasteiger partial charge in [0.2, 0.25) is 0 Å². The van der Waals surface area contributed by atoms with Crippen molar-refractivity contribution in [3.8, 4) is 5.75 Å². The zero-order valence-corrected chi connectivity index (χ0v) is 16.0. The Morgan fingerprint density at radius 2 is 1.73 bits per heavy atom. The minimum atomic E-state index is -1.96. The molecule has 0 atom stereocenters. The molecule has 3 aromatic rings. The lowest BCUT2D eigenvalue weighted by Gasteiger charge is -2.29. The fourth-order valence-electron chi connectivity index (χ4n) is 4.11. The molecule has 0 fully saturated rings. The molecule has 0 saturated heterocycles. The molecule has 154 valence electrons. The summed E-state index contributed by atoms with van der Waals surface area (Å²) in [5.41, 5.74) is -0.128. The summed E-state index contributed by atoms with van der Waals surface area (Å²) in [6.45, 7) is 0. The van der Waals surface area contributed by atoms with Crippen molar-refractivity contribution < 1.29 is 33.7 Å². The first-order chi connectivity index (χ1) is 14.3. The third kappa shape index (κ3) is 2.83. The van der Waals surface area contributed by atoms with E-state index in [0.717, 1.165) is 0 Å². The number of aliphatic carboxylic acids is 2. The monoisotopic (exact) mass is 411 g/mol. The number of fused-ring (bicyclic) bond motifs is 3. The molecule has 1 heterocycles. The van der Waals surface area contributed by atoms with Crippen LogP contribution in [0.15, 0.2) is 42.5 Å². The number of carbonyl (C=O) groups excluding carboxylic acids is 1. The summed E-state index contributed by atoms with van der Waals surface area (Å²) < 4.78 is 20.0. The number of benzene rings is 2. The third-order valence-corrected chi connectivity index (χ3v) is 5.77. The number of carbonyl (C=O) groups is 3. The highest BCUT2D eigenvalue weighted by molar-refractivity contribution is 6.06. The molecule has 0 aliphatic heterocycles. The van der Waals surface area contributed by atoms with Crippen LogP contribution < -0.4 is 4.74 Å². The van der Waals surface area contributed by atoms with Crippen molar-refractivity contribution in [2.24, 2.45) is 5.41 Å². The second-order valence-electron chi connectivity index (χ2n) is 7.32. The van der Waals surface area contributed by atoms with Crippen molar-refractivity contribution in [3.63, 3.8) is 0 Å². The average Bonchev–Trinajstić information content (AvgIpc) is 3.05. The largest absolute Gasteiger partial charge is 0.497 e. The highest BCUT2D eigenvalue weighted by atomic mass is 19.1. The van der Waals surface area contributed by atoms with E-state index in [9.17, 15) is 29.0 Å². The van der Waals surface area contributed by atoms with E-state index in [4.69, 9.17) is 4.74 Å². The Bertz CT molecular complexity index is 1180. The minimum absolute atomic E-state index is 0.0951. The topological polar surface area (TPSA) is 106 Å². The number of nitrogens with zero attached hydrogens (tertiary/aromatic N) is 1. The maximum absolute atomic E-state index is 13.3. The average molecular weight is 411 g/mol. The van der Waals surface area contributed by atoms with Crippen LogP contribution in [-0.2, 0) is 22.4 Å². The molecule has 1 aliphatic rings. The normalized spacial score (nSPS) is 14.9. The number of hydrogen-bond donors (Lipinski definition) is 2. The summed E-state index contributed by atoms with van der Waals surface area (Å²) in [6, 6.07) is 10.1. The number of rotatable bonds is 4. The van der Waals surface area contributed by atoms with Gasteiger partial charge in [-0.15, -0.1) is 0 Å². The lowest BCUT2D eigenvalue weighted by Crippen LogP contribution is -2.44. The van der Waals surface area contributed by atoms with Crippen LogP contribution in [0.3, 0.4) is 0 Å². The first kappa shape index (κ1) is 19.6. The molecule has 0 amide bonds. The van der Waals surface area contributed by atoms with Crippen LogP contribution in [0.1, 0.15) is 28.0 Å². The molecule has 0 unspecified atom stereocenters. The van der Waals surface area contributed by atoms with Crippen molar-refractivity contribution in [2.75, 3.05) is 7.11 Å². The fourth-order valence-corrected chi connectivity index (χ4v) is 4.11. The number of hydrogen-bond acceptors (Lipinski definition) is 4. The highest BCUT2D eigenvalue weighted by Crippen LogP contribution is 2.42. The van der Waals surface area contributed by atoms with Gasteiger partial charge >= 0.3 is 11.9 Å². The van der Waals surface area contributed by atoms with Crippen molar-refractivity contribution in [2.45, 2.75) is 19.3 Å². The molecule has 0 bridgehead atoms. The number of carboxylic acids is 2. The molecule has 30 heavy (non-hydrogen) atoms. The van der Waals surface area contributed by atoms with Crippen LogP contribution in [0.5, 0.6) is 5.75 Å². The van der Waals surface area contributed by atoms with Gasteiger partial charge in [0, 0.05) is 23.1 Å². The SMILES string of the molecule is COc1ccc2c(c1)c1c(n2C(=O)c2ccc(F)cc2)CCC(C(=O)O)(C(=O)O)C1. The molecular formula is C22H18FNO6. The Hall–Kier alpha value is -3.68. The van der Waals surface area contributed by atoms with Gasteiger partial charge in [0.05, 0.1) is 12.6 Å². The predicted octanol–water partition coefficient (Wildman–Crippen LogP) is 3.12. The van der Waals surface area contributed by atoms with Gasteiger partial charge in [0.25, 0.3) is 5.91 Å². The third-order valence-electron chi connectivity index (χ3n) is 5.77. The molecule has 2 aromatic carbocycles. The van der Waals surface area contributed by atoms with E-state index in [-0.39, 0.29) is 24.8 Å². The number of methoxy groups -OCH3 is 1. The first-order valence-electron chi connectivity index (χ1n) is 9.26. The van der Waals surface area contributed by atoms with E-state index in [2.05, 4.69) is 0 Å². The van der Waals surface area contributed by atoms with Gasteiger partial charge < -0.3 is 14.9 Å². The van der Waals surface area contributed by atoms with Crippen LogP contribution in [0.25, 0.3) is 10.9 Å². The molecular weight excluding hydrogens is 393 g/mol. The summed E-state index contributed by atoms with van der Waals surface area (Å²) in [4.78, 5) is 37.0. The van der Waals surface area contributed by atoms with Gasteiger partial charge in [-0.1, -0.05) is 0 Å². The van der Waals surface area contributed by atoms with Crippen molar-refractivity contribution in [1.29, 1.82) is 0 Å². The zero-order valence-electron chi connectivity index (χ0n) is 16.0. The van der Waals surface area contributed by atoms with Crippen LogP contribution >= 0.6 is 0 Å². The van der Waals surface area contributed by atoms with Gasteiger partial charge in [-0.05, 0) is 60.9 Å². The Kier molecular flexibility index (Phi) is 4.57. The molecule has 8 heteroatoms. The van der Waals surface area contributed by atoms with E-state index in [1.54, 1.807) is 18.2 Å². The molecule has 2 N–H and O–H groups in total. The van der Waals surface area contributed by atoms with E-state index in [1.807, 2.05) is 0 Å².